The number of hydrogen-bond donors (Lipinski definition) is 0. The molecule has 5 heteroatoms. The maximum atomic E-state index is 5.23. The van der Waals surface area contributed by atoms with Gasteiger partial charge in [0.2, 0.25) is 0 Å². The van der Waals surface area contributed by atoms with Crippen molar-refractivity contribution in [3.8, 4) is 0 Å². The van der Waals surface area contributed by atoms with Crippen LogP contribution in [0.5, 0.6) is 0 Å². The lowest BCUT2D eigenvalue weighted by molar-refractivity contribution is 0.346. The molecule has 0 aliphatic rings. The molecular weight excluding hydrogens is 204 g/mol. The van der Waals surface area contributed by atoms with Crippen molar-refractivity contribution in [1.82, 2.24) is 0 Å². The van der Waals surface area contributed by atoms with Crippen LogP contribution >= 0.6 is 11.8 Å². The number of ether oxygens (including phenoxy) is 1. The van der Waals surface area contributed by atoms with Crippen molar-refractivity contribution >= 4 is 46.1 Å². The van der Waals surface area contributed by atoms with Gasteiger partial charge < -0.3 is 4.74 Å². The third-order valence-corrected chi connectivity index (χ3v) is 4.09. The molecule has 0 unspecified atom stereocenters. The van der Waals surface area contributed by atoms with Crippen LogP contribution in [0.15, 0.2) is 0 Å². The van der Waals surface area contributed by atoms with Gasteiger partial charge in [0.05, 0.1) is 6.61 Å². The van der Waals surface area contributed by atoms with Crippen LogP contribution in [0.25, 0.3) is 0 Å². The molecule has 0 heterocycles. The number of hydrogen-bond acceptors (Lipinski definition) is 4. The van der Waals surface area contributed by atoms with Gasteiger partial charge in [-0.25, -0.2) is 0 Å². The molecule has 10 heavy (non-hydrogen) atoms. The minimum absolute atomic E-state index is 0.529. The van der Waals surface area contributed by atoms with E-state index in [2.05, 4.69) is 6.92 Å². The van der Waals surface area contributed by atoms with Crippen molar-refractivity contribution < 1.29 is 4.74 Å². The van der Waals surface area contributed by atoms with E-state index in [-0.39, 0.29) is 0 Å². The van der Waals surface area contributed by atoms with E-state index in [0.717, 1.165) is 10.1 Å². The van der Waals surface area contributed by atoms with Crippen LogP contribution in [-0.4, -0.2) is 16.7 Å². The highest BCUT2D eigenvalue weighted by atomic mass is 33.1. The van der Waals surface area contributed by atoms with Gasteiger partial charge in [0.1, 0.15) is 0 Å². The normalized spacial score (nSPS) is 9.40. The van der Waals surface area contributed by atoms with Crippen molar-refractivity contribution in [2.75, 3.05) is 12.4 Å². The topological polar surface area (TPSA) is 9.23 Å². The van der Waals surface area contributed by atoms with Crippen molar-refractivity contribution in [2.24, 2.45) is 0 Å². The molecule has 1 nitrogen and oxygen atoms in total. The highest BCUT2D eigenvalue weighted by Gasteiger charge is 1.94. The second-order valence-electron chi connectivity index (χ2n) is 1.35. The Morgan fingerprint density at radius 3 is 2.40 bits per heavy atom. The summed E-state index contributed by atoms with van der Waals surface area (Å²) in [4.78, 5) is 0. The van der Waals surface area contributed by atoms with Gasteiger partial charge in [-0.1, -0.05) is 18.7 Å². The van der Waals surface area contributed by atoms with Crippen LogP contribution in [0.2, 0.25) is 0 Å². The van der Waals surface area contributed by atoms with Gasteiger partial charge in [-0.15, -0.1) is 0 Å². The Morgan fingerprint density at radius 2 is 2.10 bits per heavy atom. The van der Waals surface area contributed by atoms with Crippen molar-refractivity contribution in [1.29, 1.82) is 0 Å². The van der Waals surface area contributed by atoms with Gasteiger partial charge in [0, 0.05) is 0 Å². The molecule has 0 aliphatic heterocycles. The summed E-state index contributed by atoms with van der Waals surface area (Å²) in [5.41, 5.74) is 0. The highest BCUT2D eigenvalue weighted by molar-refractivity contribution is 8.50. The largest absolute Gasteiger partial charge is 0.330 e. The van der Waals surface area contributed by atoms with Gasteiger partial charge in [0.15, 0.2) is 4.38 Å². The van der Waals surface area contributed by atoms with Crippen molar-refractivity contribution in [3.63, 3.8) is 0 Å². The standard InChI is InChI=1S/C5H10OS4/c1-3-6-5(9-4-2)10(7)8/h3-4H2,1-2H3. The summed E-state index contributed by atoms with van der Waals surface area (Å²) < 4.78 is 6.06. The van der Waals surface area contributed by atoms with Gasteiger partial charge in [-0.3, -0.25) is 0 Å². The fourth-order valence-corrected chi connectivity index (χ4v) is 2.92. The first-order valence-corrected chi connectivity index (χ1v) is 7.00. The average molecular weight is 214 g/mol. The summed E-state index contributed by atoms with van der Waals surface area (Å²) in [7, 11) is -0.529. The van der Waals surface area contributed by atoms with E-state index in [1.165, 1.54) is 0 Å². The van der Waals surface area contributed by atoms with Gasteiger partial charge >= 0.3 is 0 Å². The second-order valence-corrected chi connectivity index (χ2v) is 6.32. The number of thioether (sulfide) groups is 1. The van der Waals surface area contributed by atoms with Crippen LogP contribution < -0.4 is 0 Å². The fourth-order valence-electron chi connectivity index (χ4n) is 0.374. The van der Waals surface area contributed by atoms with Crippen LogP contribution in [0.3, 0.4) is 0 Å². The first kappa shape index (κ1) is 10.8. The van der Waals surface area contributed by atoms with Crippen LogP contribution in [0.1, 0.15) is 13.8 Å². The molecule has 0 bridgehead atoms. The molecule has 0 aromatic carbocycles. The van der Waals surface area contributed by atoms with Crippen LogP contribution in [-0.2, 0) is 34.7 Å². The molecule has 0 atom stereocenters. The average Bonchev–Trinajstić information content (AvgIpc) is 1.87. The van der Waals surface area contributed by atoms with Crippen LogP contribution in [0.4, 0.5) is 0 Å². The smallest absolute Gasteiger partial charge is 0.175 e. The first-order chi connectivity index (χ1) is 4.72. The molecule has 0 aliphatic carbocycles. The molecule has 60 valence electrons. The molecule has 0 spiro atoms. The zero-order chi connectivity index (χ0) is 7.98. The SMILES string of the molecule is CCOC(SCC)=S(=S)=S. The van der Waals surface area contributed by atoms with E-state index < -0.39 is 7.60 Å². The van der Waals surface area contributed by atoms with E-state index in [1.807, 2.05) is 6.92 Å². The molecule has 0 N–H and O–H groups in total. The Kier molecular flexibility index (Phi) is 7.09. The Morgan fingerprint density at radius 1 is 1.50 bits per heavy atom. The monoisotopic (exact) mass is 214 g/mol. The Labute approximate surface area is 76.9 Å². The molecule has 0 aromatic heterocycles. The molecule has 0 rings (SSSR count). The fraction of sp³-hybridized carbons (Fsp3) is 0.800. The third-order valence-electron chi connectivity index (χ3n) is 0.660. The quantitative estimate of drug-likeness (QED) is 0.642. The van der Waals surface area contributed by atoms with E-state index >= 15 is 0 Å². The van der Waals surface area contributed by atoms with E-state index in [1.54, 1.807) is 11.8 Å². The molecule has 0 amide bonds. The number of rotatable bonds is 2. The summed E-state index contributed by atoms with van der Waals surface area (Å²) in [6, 6.07) is 0. The predicted octanol–water partition coefficient (Wildman–Crippen LogP) is 1.41. The lowest BCUT2D eigenvalue weighted by Gasteiger charge is -1.99. The summed E-state index contributed by atoms with van der Waals surface area (Å²) in [6.45, 7) is 4.66. The molecule has 0 saturated carbocycles. The minimum Gasteiger partial charge on any atom is -0.330 e. The zero-order valence-corrected chi connectivity index (χ0v) is 9.22. The maximum Gasteiger partial charge on any atom is 0.175 e. The Bertz CT molecular complexity index is 188. The van der Waals surface area contributed by atoms with Gasteiger partial charge in [-0.05, 0) is 42.7 Å². The predicted molar refractivity (Wildman–Crippen MR) is 56.9 cm³/mol. The Balaban J connectivity index is 4.14. The maximum absolute atomic E-state index is 5.23. The summed E-state index contributed by atoms with van der Waals surface area (Å²) in [5, 5.41) is 0. The summed E-state index contributed by atoms with van der Waals surface area (Å²) in [5.74, 6) is 0.978. The lowest BCUT2D eigenvalue weighted by Crippen LogP contribution is -1.99. The Hall–Kier alpha value is 0.840. The van der Waals surface area contributed by atoms with E-state index in [9.17, 15) is 0 Å². The summed E-state index contributed by atoms with van der Waals surface area (Å²) >= 11 is 11.4. The molecule has 0 radical (unpaired) electrons. The molecule has 0 fully saturated rings. The zero-order valence-electron chi connectivity index (χ0n) is 5.96. The second kappa shape index (κ2) is 6.54. The lowest BCUT2D eigenvalue weighted by atomic mass is 10.9. The van der Waals surface area contributed by atoms with Gasteiger partial charge in [0.25, 0.3) is 0 Å². The molecular formula is C5H10OS4. The first-order valence-electron chi connectivity index (χ1n) is 2.94. The summed E-state index contributed by atoms with van der Waals surface area (Å²) in [6.07, 6.45) is 0. The third kappa shape index (κ3) is 4.62. The van der Waals surface area contributed by atoms with Crippen molar-refractivity contribution in [2.45, 2.75) is 13.8 Å². The minimum atomic E-state index is -0.529. The van der Waals surface area contributed by atoms with Crippen LogP contribution in [0, 0.1) is 0 Å². The highest BCUT2D eigenvalue weighted by Crippen LogP contribution is 2.02. The van der Waals surface area contributed by atoms with E-state index in [0.29, 0.717) is 6.61 Å². The molecule has 0 saturated heterocycles. The van der Waals surface area contributed by atoms with E-state index in [4.69, 9.17) is 27.1 Å². The van der Waals surface area contributed by atoms with Gasteiger partial charge in [-0.2, -0.15) is 0 Å². The van der Waals surface area contributed by atoms with Crippen molar-refractivity contribution in [3.05, 3.63) is 0 Å². The molecule has 0 aromatic rings.